The van der Waals surface area contributed by atoms with Crippen molar-refractivity contribution < 1.29 is 9.18 Å². The van der Waals surface area contributed by atoms with Gasteiger partial charge in [0.25, 0.3) is 0 Å². The summed E-state index contributed by atoms with van der Waals surface area (Å²) in [6.45, 7) is 0.253. The first kappa shape index (κ1) is 8.93. The molecule has 1 rings (SSSR count). The average Bonchev–Trinajstić information content (AvgIpc) is 2.07. The first-order valence-corrected chi connectivity index (χ1v) is 3.60. The topological polar surface area (TPSA) is 42.0 Å². The molecule has 1 aromatic heterocycles. The zero-order chi connectivity index (χ0) is 8.97. The summed E-state index contributed by atoms with van der Waals surface area (Å²) in [5.41, 5.74) is 0.522. The van der Waals surface area contributed by atoms with Gasteiger partial charge in [0.1, 0.15) is 0 Å². The van der Waals surface area contributed by atoms with Crippen molar-refractivity contribution >= 4 is 18.0 Å². The lowest BCUT2D eigenvalue weighted by Gasteiger charge is -1.99. The Hall–Kier alpha value is -1.16. The van der Waals surface area contributed by atoms with Gasteiger partial charge in [-0.25, -0.2) is 9.37 Å². The van der Waals surface area contributed by atoms with Crippen LogP contribution in [0.3, 0.4) is 0 Å². The van der Waals surface area contributed by atoms with Gasteiger partial charge in [0.15, 0.2) is 11.0 Å². The molecule has 0 aliphatic heterocycles. The molecule has 0 saturated carbocycles. The minimum atomic E-state index is -0.563. The molecule has 0 atom stereocenters. The van der Waals surface area contributed by atoms with Gasteiger partial charge in [-0.3, -0.25) is 4.79 Å². The third kappa shape index (κ3) is 2.17. The minimum absolute atomic E-state index is 0.180. The van der Waals surface area contributed by atoms with Crippen molar-refractivity contribution in [1.82, 2.24) is 10.3 Å². The molecule has 1 N–H and O–H groups in total. The van der Waals surface area contributed by atoms with Gasteiger partial charge in [0, 0.05) is 0 Å². The Morgan fingerprint density at radius 2 is 2.42 bits per heavy atom. The highest BCUT2D eigenvalue weighted by molar-refractivity contribution is 6.29. The second-order valence-electron chi connectivity index (χ2n) is 2.07. The number of aromatic nitrogens is 1. The highest BCUT2D eigenvalue weighted by Crippen LogP contribution is 2.10. The molecular weight excluding hydrogens is 183 g/mol. The highest BCUT2D eigenvalue weighted by Gasteiger charge is 2.01. The number of amides is 1. The van der Waals surface area contributed by atoms with E-state index in [9.17, 15) is 9.18 Å². The normalized spacial score (nSPS) is 9.50. The smallest absolute Gasteiger partial charge is 0.207 e. The van der Waals surface area contributed by atoms with Crippen LogP contribution in [0.4, 0.5) is 4.39 Å². The fourth-order valence-corrected chi connectivity index (χ4v) is 0.871. The van der Waals surface area contributed by atoms with Gasteiger partial charge < -0.3 is 5.32 Å². The molecule has 1 heterocycles. The first-order valence-electron chi connectivity index (χ1n) is 3.22. The van der Waals surface area contributed by atoms with Crippen LogP contribution in [0.5, 0.6) is 0 Å². The number of nitrogens with zero attached hydrogens (tertiary/aromatic N) is 1. The summed E-state index contributed by atoms with van der Waals surface area (Å²) in [5, 5.41) is 2.21. The van der Waals surface area contributed by atoms with Gasteiger partial charge in [-0.2, -0.15) is 0 Å². The molecule has 0 aliphatic carbocycles. The monoisotopic (exact) mass is 188 g/mol. The number of hydrogen-bond acceptors (Lipinski definition) is 2. The van der Waals surface area contributed by atoms with E-state index in [1.54, 1.807) is 0 Å². The second kappa shape index (κ2) is 4.01. The summed E-state index contributed by atoms with van der Waals surface area (Å²) < 4.78 is 12.5. The van der Waals surface area contributed by atoms with Crippen LogP contribution in [-0.2, 0) is 11.3 Å². The van der Waals surface area contributed by atoms with Crippen molar-refractivity contribution in [3.8, 4) is 0 Å². The van der Waals surface area contributed by atoms with Gasteiger partial charge in [-0.15, -0.1) is 0 Å². The van der Waals surface area contributed by atoms with Crippen LogP contribution in [0.1, 0.15) is 5.69 Å². The molecule has 0 spiro atoms. The lowest BCUT2D eigenvalue weighted by atomic mass is 10.3. The summed E-state index contributed by atoms with van der Waals surface area (Å²) in [7, 11) is 0. The van der Waals surface area contributed by atoms with Crippen molar-refractivity contribution in [2.45, 2.75) is 6.54 Å². The fourth-order valence-electron chi connectivity index (χ4n) is 0.700. The molecule has 0 aromatic carbocycles. The van der Waals surface area contributed by atoms with E-state index in [2.05, 4.69) is 10.3 Å². The van der Waals surface area contributed by atoms with Crippen LogP contribution in [0.15, 0.2) is 12.1 Å². The third-order valence-corrected chi connectivity index (χ3v) is 1.49. The molecule has 1 aromatic rings. The molecule has 5 heteroatoms. The maximum atomic E-state index is 12.5. The number of carbonyl (C=O) groups is 1. The van der Waals surface area contributed by atoms with Crippen molar-refractivity contribution in [2.24, 2.45) is 0 Å². The van der Waals surface area contributed by atoms with Crippen molar-refractivity contribution in [1.29, 1.82) is 0 Å². The quantitative estimate of drug-likeness (QED) is 0.571. The van der Waals surface area contributed by atoms with Crippen molar-refractivity contribution in [2.75, 3.05) is 0 Å². The molecule has 12 heavy (non-hydrogen) atoms. The molecule has 0 saturated heterocycles. The minimum Gasteiger partial charge on any atom is -0.353 e. The van der Waals surface area contributed by atoms with Crippen LogP contribution >= 0.6 is 11.6 Å². The molecule has 64 valence electrons. The molecule has 3 nitrogen and oxygen atoms in total. The van der Waals surface area contributed by atoms with Crippen LogP contribution in [-0.4, -0.2) is 11.4 Å². The Bertz CT molecular complexity index is 293. The van der Waals surface area contributed by atoms with E-state index in [4.69, 9.17) is 11.6 Å². The Balaban J connectivity index is 2.75. The van der Waals surface area contributed by atoms with Gasteiger partial charge >= 0.3 is 0 Å². The zero-order valence-electron chi connectivity index (χ0n) is 6.05. The zero-order valence-corrected chi connectivity index (χ0v) is 6.81. The summed E-state index contributed by atoms with van der Waals surface area (Å²) in [4.78, 5) is 13.6. The number of rotatable bonds is 3. The van der Waals surface area contributed by atoms with Crippen LogP contribution < -0.4 is 5.32 Å². The van der Waals surface area contributed by atoms with Crippen LogP contribution in [0.2, 0.25) is 5.15 Å². The number of pyridine rings is 1. The Morgan fingerprint density at radius 1 is 1.67 bits per heavy atom. The molecule has 0 unspecified atom stereocenters. The number of hydrogen-bond donors (Lipinski definition) is 1. The van der Waals surface area contributed by atoms with Gasteiger partial charge in [-0.1, -0.05) is 11.6 Å². The third-order valence-electron chi connectivity index (χ3n) is 1.23. The molecule has 0 fully saturated rings. The predicted octanol–water partition coefficient (Wildman–Crippen LogP) is 1.12. The molecule has 0 radical (unpaired) electrons. The van der Waals surface area contributed by atoms with E-state index in [1.807, 2.05) is 0 Å². The van der Waals surface area contributed by atoms with Gasteiger partial charge in [0.05, 0.1) is 12.2 Å². The van der Waals surface area contributed by atoms with E-state index < -0.39 is 5.82 Å². The highest BCUT2D eigenvalue weighted by atomic mass is 35.5. The number of nitrogens with one attached hydrogen (secondary N) is 1. The van der Waals surface area contributed by atoms with E-state index in [0.717, 1.165) is 0 Å². The van der Waals surface area contributed by atoms with E-state index >= 15 is 0 Å². The SMILES string of the molecule is O=CNCc1ccc(F)c(Cl)n1. The largest absolute Gasteiger partial charge is 0.353 e. The fraction of sp³-hybridized carbons (Fsp3) is 0.143. The first-order chi connectivity index (χ1) is 5.74. The standard InChI is InChI=1S/C7H6ClFN2O/c8-7-6(9)2-1-5(11-7)3-10-4-12/h1-2,4H,3H2,(H,10,12). The summed E-state index contributed by atoms with van der Waals surface area (Å²) in [6, 6.07) is 2.66. The lowest BCUT2D eigenvalue weighted by molar-refractivity contribution is -0.109. The van der Waals surface area contributed by atoms with Gasteiger partial charge in [0.2, 0.25) is 6.41 Å². The maximum absolute atomic E-state index is 12.5. The Labute approximate surface area is 73.6 Å². The van der Waals surface area contributed by atoms with E-state index in [1.165, 1.54) is 12.1 Å². The lowest BCUT2D eigenvalue weighted by Crippen LogP contribution is -2.11. The summed E-state index contributed by atoms with van der Waals surface area (Å²) >= 11 is 5.39. The van der Waals surface area contributed by atoms with Crippen LogP contribution in [0.25, 0.3) is 0 Å². The van der Waals surface area contributed by atoms with E-state index in [-0.39, 0.29) is 11.7 Å². The van der Waals surface area contributed by atoms with Gasteiger partial charge in [-0.05, 0) is 12.1 Å². The molecular formula is C7H6ClFN2O. The van der Waals surface area contributed by atoms with Crippen molar-refractivity contribution in [3.63, 3.8) is 0 Å². The predicted molar refractivity (Wildman–Crippen MR) is 42.1 cm³/mol. The molecule has 1 amide bonds. The molecule has 0 aliphatic rings. The van der Waals surface area contributed by atoms with Crippen molar-refractivity contribution in [3.05, 3.63) is 28.8 Å². The number of halogens is 2. The maximum Gasteiger partial charge on any atom is 0.207 e. The van der Waals surface area contributed by atoms with E-state index in [0.29, 0.717) is 12.1 Å². The molecule has 0 bridgehead atoms. The number of carbonyl (C=O) groups excluding carboxylic acids is 1. The average molecular weight is 189 g/mol. The Morgan fingerprint density at radius 3 is 3.00 bits per heavy atom. The summed E-state index contributed by atoms with van der Waals surface area (Å²) in [6.07, 6.45) is 0.541. The van der Waals surface area contributed by atoms with Crippen LogP contribution in [0, 0.1) is 5.82 Å². The summed E-state index contributed by atoms with van der Waals surface area (Å²) in [5.74, 6) is -0.563. The second-order valence-corrected chi connectivity index (χ2v) is 2.43. The Kier molecular flexibility index (Phi) is 2.99.